The number of rotatable bonds is 3. The lowest BCUT2D eigenvalue weighted by atomic mass is 10.1. The fourth-order valence-electron chi connectivity index (χ4n) is 3.56. The Balaban J connectivity index is 1.47. The molecule has 2 aliphatic rings. The van der Waals surface area contributed by atoms with Crippen molar-refractivity contribution in [3.05, 3.63) is 54.9 Å². The summed E-state index contributed by atoms with van der Waals surface area (Å²) in [5.74, 6) is 0.143. The van der Waals surface area contributed by atoms with Gasteiger partial charge in [0, 0.05) is 22.6 Å². The number of thioether (sulfide) groups is 1. The zero-order valence-corrected chi connectivity index (χ0v) is 14.9. The summed E-state index contributed by atoms with van der Waals surface area (Å²) in [5.41, 5.74) is 2.13. The van der Waals surface area contributed by atoms with Crippen molar-refractivity contribution >= 4 is 35.0 Å². The fourth-order valence-corrected chi connectivity index (χ4v) is 4.97. The van der Waals surface area contributed by atoms with Crippen molar-refractivity contribution in [3.8, 4) is 11.5 Å². The van der Waals surface area contributed by atoms with Gasteiger partial charge < -0.3 is 9.73 Å². The van der Waals surface area contributed by atoms with E-state index < -0.39 is 4.87 Å². The highest BCUT2D eigenvalue weighted by molar-refractivity contribution is 8.02. The van der Waals surface area contributed by atoms with E-state index >= 15 is 0 Å². The molecule has 8 heteroatoms. The highest BCUT2D eigenvalue weighted by Gasteiger charge is 2.57. The van der Waals surface area contributed by atoms with Crippen molar-refractivity contribution in [1.29, 1.82) is 0 Å². The van der Waals surface area contributed by atoms with Gasteiger partial charge in [0.05, 0.1) is 5.69 Å². The van der Waals surface area contributed by atoms with E-state index in [0.29, 0.717) is 30.0 Å². The minimum atomic E-state index is -0.943. The van der Waals surface area contributed by atoms with Crippen molar-refractivity contribution in [3.63, 3.8) is 0 Å². The normalized spacial score (nSPS) is 20.4. The number of hydrogen-bond donors (Lipinski definition) is 1. The smallest absolute Gasteiger partial charge is 0.261 e. The first-order valence-electron chi connectivity index (χ1n) is 8.46. The Bertz CT molecular complexity index is 1050. The van der Waals surface area contributed by atoms with Gasteiger partial charge in [0.15, 0.2) is 4.87 Å². The number of hydrogen-bond acceptors (Lipinski definition) is 6. The second-order valence-electron chi connectivity index (χ2n) is 6.36. The molecule has 1 atom stereocenters. The molecular formula is C19H14N4O3S. The van der Waals surface area contributed by atoms with Crippen LogP contribution in [0.25, 0.3) is 11.5 Å². The summed E-state index contributed by atoms with van der Waals surface area (Å²) in [6.45, 7) is 0. The van der Waals surface area contributed by atoms with Gasteiger partial charge in [-0.2, -0.15) is 0 Å². The van der Waals surface area contributed by atoms with Crippen LogP contribution in [0, 0.1) is 0 Å². The number of para-hydroxylation sites is 1. The molecular weight excluding hydrogens is 364 g/mol. The van der Waals surface area contributed by atoms with Gasteiger partial charge in [-0.3, -0.25) is 14.5 Å². The van der Waals surface area contributed by atoms with E-state index in [9.17, 15) is 9.59 Å². The van der Waals surface area contributed by atoms with Crippen LogP contribution in [0.3, 0.4) is 0 Å². The molecule has 7 nitrogen and oxygen atoms in total. The Morgan fingerprint density at radius 3 is 2.96 bits per heavy atom. The van der Waals surface area contributed by atoms with E-state index in [1.54, 1.807) is 23.1 Å². The van der Waals surface area contributed by atoms with Crippen LogP contribution in [0.2, 0.25) is 0 Å². The van der Waals surface area contributed by atoms with Crippen molar-refractivity contribution < 1.29 is 14.0 Å². The Kier molecular flexibility index (Phi) is 3.54. The molecule has 0 bridgehead atoms. The minimum Gasteiger partial charge on any atom is -0.423 e. The molecule has 2 aliphatic heterocycles. The summed E-state index contributed by atoms with van der Waals surface area (Å²) in [4.78, 5) is 27.4. The lowest BCUT2D eigenvalue weighted by Gasteiger charge is -2.29. The molecule has 2 aromatic carbocycles. The molecule has 0 radical (unpaired) electrons. The number of amides is 2. The Morgan fingerprint density at radius 1 is 1.22 bits per heavy atom. The first-order valence-corrected chi connectivity index (χ1v) is 9.28. The van der Waals surface area contributed by atoms with Crippen molar-refractivity contribution in [2.75, 3.05) is 10.2 Å². The SMILES string of the molecule is O=C1CC[C@@]2(C(=O)Nc3cccc(-c4nnco4)c3)Sc3ccccc3N12. The van der Waals surface area contributed by atoms with E-state index in [-0.39, 0.29) is 11.8 Å². The highest BCUT2D eigenvalue weighted by atomic mass is 32.2. The molecule has 5 rings (SSSR count). The Hall–Kier alpha value is -3.13. The van der Waals surface area contributed by atoms with E-state index in [0.717, 1.165) is 10.6 Å². The van der Waals surface area contributed by atoms with Gasteiger partial charge in [-0.15, -0.1) is 10.2 Å². The maximum Gasteiger partial charge on any atom is 0.261 e. The van der Waals surface area contributed by atoms with E-state index in [4.69, 9.17) is 4.42 Å². The van der Waals surface area contributed by atoms with E-state index in [1.807, 2.05) is 30.3 Å². The number of carbonyl (C=O) groups is 2. The summed E-state index contributed by atoms with van der Waals surface area (Å²) in [6.07, 6.45) is 2.09. The van der Waals surface area contributed by atoms with Crippen molar-refractivity contribution in [1.82, 2.24) is 10.2 Å². The van der Waals surface area contributed by atoms with Crippen LogP contribution in [-0.2, 0) is 9.59 Å². The number of aromatic nitrogens is 2. The summed E-state index contributed by atoms with van der Waals surface area (Å²) < 4.78 is 5.21. The summed E-state index contributed by atoms with van der Waals surface area (Å²) in [7, 11) is 0. The highest BCUT2D eigenvalue weighted by Crippen LogP contribution is 2.56. The average Bonchev–Trinajstić information content (AvgIpc) is 3.38. The molecule has 3 heterocycles. The predicted molar refractivity (Wildman–Crippen MR) is 100 cm³/mol. The Labute approximate surface area is 158 Å². The number of nitrogens with one attached hydrogen (secondary N) is 1. The summed E-state index contributed by atoms with van der Waals surface area (Å²) in [5, 5.41) is 10.5. The first kappa shape index (κ1) is 16.1. The molecule has 3 aromatic rings. The molecule has 0 aliphatic carbocycles. The third kappa shape index (κ3) is 2.44. The zero-order chi connectivity index (χ0) is 18.4. The Morgan fingerprint density at radius 2 is 2.11 bits per heavy atom. The van der Waals surface area contributed by atoms with Crippen molar-refractivity contribution in [2.24, 2.45) is 0 Å². The van der Waals surface area contributed by atoms with Crippen LogP contribution >= 0.6 is 11.8 Å². The second-order valence-corrected chi connectivity index (χ2v) is 7.68. The van der Waals surface area contributed by atoms with E-state index in [1.165, 1.54) is 18.2 Å². The van der Waals surface area contributed by atoms with Gasteiger partial charge >= 0.3 is 0 Å². The number of anilines is 2. The van der Waals surface area contributed by atoms with Gasteiger partial charge in [-0.1, -0.05) is 30.0 Å². The molecule has 1 saturated heterocycles. The maximum absolute atomic E-state index is 13.3. The molecule has 1 aromatic heterocycles. The van der Waals surface area contributed by atoms with Gasteiger partial charge in [-0.05, 0) is 36.8 Å². The lowest BCUT2D eigenvalue weighted by molar-refractivity contribution is -0.121. The second kappa shape index (κ2) is 5.95. The average molecular weight is 378 g/mol. The third-order valence-corrected chi connectivity index (χ3v) is 6.23. The van der Waals surface area contributed by atoms with Gasteiger partial charge in [0.2, 0.25) is 18.2 Å². The standard InChI is InChI=1S/C19H14N4O3S/c24-16-8-9-19(23(16)14-6-1-2-7-15(14)27-19)18(25)21-13-5-3-4-12(10-13)17-22-20-11-26-17/h1-7,10-11H,8-9H2,(H,21,25)/t19-/m0/s1. The summed E-state index contributed by atoms with van der Waals surface area (Å²) in [6, 6.07) is 14.8. The number of benzene rings is 2. The first-order chi connectivity index (χ1) is 13.2. The molecule has 0 saturated carbocycles. The molecule has 134 valence electrons. The third-order valence-electron chi connectivity index (χ3n) is 4.76. The van der Waals surface area contributed by atoms with Gasteiger partial charge in [0.25, 0.3) is 5.91 Å². The number of fused-ring (bicyclic) bond motifs is 3. The zero-order valence-electron chi connectivity index (χ0n) is 14.1. The predicted octanol–water partition coefficient (Wildman–Crippen LogP) is 3.30. The molecule has 0 spiro atoms. The van der Waals surface area contributed by atoms with Gasteiger partial charge in [-0.25, -0.2) is 0 Å². The van der Waals surface area contributed by atoms with Crippen LogP contribution < -0.4 is 10.2 Å². The van der Waals surface area contributed by atoms with Crippen LogP contribution in [0.1, 0.15) is 12.8 Å². The van der Waals surface area contributed by atoms with Crippen LogP contribution in [-0.4, -0.2) is 26.9 Å². The molecule has 27 heavy (non-hydrogen) atoms. The van der Waals surface area contributed by atoms with Crippen molar-refractivity contribution in [2.45, 2.75) is 22.6 Å². The fraction of sp³-hybridized carbons (Fsp3) is 0.158. The van der Waals surface area contributed by atoms with Crippen LogP contribution in [0.15, 0.2) is 64.2 Å². The topological polar surface area (TPSA) is 88.3 Å². The molecule has 0 unspecified atom stereocenters. The molecule has 1 N–H and O–H groups in total. The monoisotopic (exact) mass is 378 g/mol. The lowest BCUT2D eigenvalue weighted by Crippen LogP contribution is -2.49. The van der Waals surface area contributed by atoms with Crippen LogP contribution in [0.5, 0.6) is 0 Å². The number of carbonyl (C=O) groups excluding carboxylic acids is 2. The molecule has 1 fully saturated rings. The van der Waals surface area contributed by atoms with E-state index in [2.05, 4.69) is 15.5 Å². The largest absolute Gasteiger partial charge is 0.423 e. The minimum absolute atomic E-state index is 0.0257. The quantitative estimate of drug-likeness (QED) is 0.752. The van der Waals surface area contributed by atoms with Gasteiger partial charge in [0.1, 0.15) is 0 Å². The molecule has 2 amide bonds. The maximum atomic E-state index is 13.3. The van der Waals surface area contributed by atoms with Crippen LogP contribution in [0.4, 0.5) is 11.4 Å². The number of nitrogens with zero attached hydrogens (tertiary/aromatic N) is 3. The summed E-state index contributed by atoms with van der Waals surface area (Å²) >= 11 is 1.44.